The fourth-order valence-electron chi connectivity index (χ4n) is 2.25. The molecule has 29 heavy (non-hydrogen) atoms. The van der Waals surface area contributed by atoms with Gasteiger partial charge in [0.2, 0.25) is 0 Å². The number of carbonyl (C=O) groups is 2. The minimum Gasteiger partial charge on any atom is -0.433 e. The van der Waals surface area contributed by atoms with Crippen molar-refractivity contribution in [3.63, 3.8) is 0 Å². The topological polar surface area (TPSA) is 111 Å². The van der Waals surface area contributed by atoms with Gasteiger partial charge in [-0.25, -0.2) is 17.6 Å². The van der Waals surface area contributed by atoms with Gasteiger partial charge in [0.15, 0.2) is 20.8 Å². The molecule has 0 aromatic heterocycles. The molecule has 0 saturated heterocycles. The van der Waals surface area contributed by atoms with Gasteiger partial charge in [0.25, 0.3) is 5.91 Å². The summed E-state index contributed by atoms with van der Waals surface area (Å²) in [5, 5.41) is 5.20. The Kier molecular flexibility index (Phi) is 10.7. The summed E-state index contributed by atoms with van der Waals surface area (Å²) < 4.78 is 47.0. The van der Waals surface area contributed by atoms with Crippen LogP contribution in [-0.4, -0.2) is 64.0 Å². The number of carbonyl (C=O) groups excluding carboxylic acids is 2. The zero-order chi connectivity index (χ0) is 22.0. The number of benzene rings is 1. The highest BCUT2D eigenvalue weighted by atomic mass is 35.5. The van der Waals surface area contributed by atoms with Crippen LogP contribution < -0.4 is 10.6 Å². The van der Waals surface area contributed by atoms with Crippen molar-refractivity contribution < 1.29 is 31.9 Å². The normalized spacial score (nSPS) is 13.6. The van der Waals surface area contributed by atoms with E-state index in [1.807, 2.05) is 6.92 Å². The van der Waals surface area contributed by atoms with E-state index >= 15 is 0 Å². The molecule has 0 radical (unpaired) electrons. The van der Waals surface area contributed by atoms with Gasteiger partial charge in [-0.1, -0.05) is 42.3 Å². The van der Waals surface area contributed by atoms with Crippen LogP contribution in [0.3, 0.4) is 0 Å². The summed E-state index contributed by atoms with van der Waals surface area (Å²) >= 11 is 11.0. The van der Waals surface area contributed by atoms with Gasteiger partial charge in [0.05, 0.1) is 10.9 Å². The van der Waals surface area contributed by atoms with Crippen molar-refractivity contribution in [2.24, 2.45) is 0 Å². The Balaban J connectivity index is 3.06. The van der Waals surface area contributed by atoms with Gasteiger partial charge in [0, 0.05) is 12.8 Å². The van der Waals surface area contributed by atoms with Crippen molar-refractivity contribution in [2.45, 2.75) is 28.8 Å². The highest BCUT2D eigenvalue weighted by Crippen LogP contribution is 2.25. The number of sulfone groups is 1. The van der Waals surface area contributed by atoms with Crippen LogP contribution in [0.4, 0.5) is 9.18 Å². The maximum atomic E-state index is 13.6. The molecular weight excluding hydrogens is 450 g/mol. The van der Waals surface area contributed by atoms with Crippen molar-refractivity contribution in [3.8, 4) is 0 Å². The number of nitrogens with one attached hydrogen (secondary N) is 2. The Bertz CT molecular complexity index is 777. The lowest BCUT2D eigenvalue weighted by Crippen LogP contribution is -2.44. The van der Waals surface area contributed by atoms with Gasteiger partial charge in [-0.3, -0.25) is 4.79 Å². The lowest BCUT2D eigenvalue weighted by atomic mass is 10.0. The summed E-state index contributed by atoms with van der Waals surface area (Å²) in [6.07, 6.45) is -1.36. The molecule has 0 unspecified atom stereocenters. The molecule has 0 saturated carbocycles. The van der Waals surface area contributed by atoms with Gasteiger partial charge in [-0.15, -0.1) is 0 Å². The third kappa shape index (κ3) is 8.73. The number of hydrogen-bond acceptors (Lipinski definition) is 7. The van der Waals surface area contributed by atoms with Gasteiger partial charge >= 0.3 is 6.16 Å². The van der Waals surface area contributed by atoms with E-state index in [1.54, 1.807) is 0 Å². The number of rotatable bonds is 11. The molecule has 0 aliphatic carbocycles. The molecule has 164 valence electrons. The maximum Gasteiger partial charge on any atom is 0.509 e. The molecule has 1 aromatic carbocycles. The first kappa shape index (κ1) is 25.4. The highest BCUT2D eigenvalue weighted by Gasteiger charge is 2.31. The lowest BCUT2D eigenvalue weighted by Gasteiger charge is -2.26. The maximum absolute atomic E-state index is 13.6. The smallest absolute Gasteiger partial charge is 0.433 e. The number of likely N-dealkylation sites (N-methyl/N-ethyl adjacent to an activating group) is 1. The molecule has 0 fully saturated rings. The molecule has 1 rings (SSSR count). The van der Waals surface area contributed by atoms with E-state index in [9.17, 15) is 22.4 Å². The number of amides is 1. The van der Waals surface area contributed by atoms with Crippen molar-refractivity contribution in [3.05, 3.63) is 29.8 Å². The van der Waals surface area contributed by atoms with Crippen molar-refractivity contribution in [1.29, 1.82) is 0 Å². The largest absolute Gasteiger partial charge is 0.509 e. The second-order valence-electron chi connectivity index (χ2n) is 5.90. The van der Waals surface area contributed by atoms with Gasteiger partial charge < -0.3 is 20.1 Å². The number of alkyl halides is 3. The molecule has 8 nitrogen and oxygen atoms in total. The van der Waals surface area contributed by atoms with E-state index in [2.05, 4.69) is 10.6 Å². The minimum atomic E-state index is -3.46. The molecule has 12 heteroatoms. The minimum absolute atomic E-state index is 0.0183. The lowest BCUT2D eigenvalue weighted by molar-refractivity contribution is -0.121. The van der Waals surface area contributed by atoms with E-state index in [-0.39, 0.29) is 17.1 Å². The van der Waals surface area contributed by atoms with Crippen LogP contribution in [0.1, 0.15) is 18.6 Å². The molecule has 0 spiro atoms. The Morgan fingerprint density at radius 3 is 2.31 bits per heavy atom. The Morgan fingerprint density at radius 1 is 1.21 bits per heavy atom. The monoisotopic (exact) mass is 472 g/mol. The van der Waals surface area contributed by atoms with Crippen LogP contribution in [0.15, 0.2) is 29.2 Å². The summed E-state index contributed by atoms with van der Waals surface area (Å²) in [5.41, 5.74) is 0.240. The molecule has 1 amide bonds. The summed E-state index contributed by atoms with van der Waals surface area (Å²) in [4.78, 5) is 22.3. The second-order valence-corrected chi connectivity index (χ2v) is 9.01. The van der Waals surface area contributed by atoms with E-state index in [4.69, 9.17) is 32.7 Å². The predicted octanol–water partition coefficient (Wildman–Crippen LogP) is 2.15. The third-order valence-corrected chi connectivity index (χ3v) is 5.19. The standard InChI is InChI=1S/C17H23Cl2FN2O6S/c1-3-21-8-9-27-17(24)28-14(13(10-20)22-16(23)15(18)19)11-4-6-12(7-5-11)29(2,25)26/h4-7,13-15,21H,3,8-10H2,1-2H3,(H,22,23)/t13-,14-/m1/s1. The van der Waals surface area contributed by atoms with Crippen LogP contribution in [0.5, 0.6) is 0 Å². The average Bonchev–Trinajstić information content (AvgIpc) is 2.67. The zero-order valence-corrected chi connectivity index (χ0v) is 18.2. The van der Waals surface area contributed by atoms with Crippen molar-refractivity contribution >= 4 is 45.1 Å². The molecular formula is C17H23Cl2FN2O6S. The second kappa shape index (κ2) is 12.2. The molecule has 2 atom stereocenters. The van der Waals surface area contributed by atoms with Crippen LogP contribution in [-0.2, 0) is 24.1 Å². The first-order valence-electron chi connectivity index (χ1n) is 8.58. The van der Waals surface area contributed by atoms with Crippen molar-refractivity contribution in [2.75, 3.05) is 32.6 Å². The number of ether oxygens (including phenoxy) is 2. The molecule has 0 heterocycles. The highest BCUT2D eigenvalue weighted by molar-refractivity contribution is 7.90. The molecule has 0 bridgehead atoms. The van der Waals surface area contributed by atoms with Gasteiger partial charge in [-0.2, -0.15) is 0 Å². The fourth-order valence-corrected chi connectivity index (χ4v) is 3.01. The first-order valence-corrected chi connectivity index (χ1v) is 11.3. The van der Waals surface area contributed by atoms with E-state index in [0.29, 0.717) is 13.1 Å². The summed E-state index contributed by atoms with van der Waals surface area (Å²) in [5.74, 6) is -0.877. The Morgan fingerprint density at radius 2 is 1.83 bits per heavy atom. The zero-order valence-electron chi connectivity index (χ0n) is 15.9. The van der Waals surface area contributed by atoms with Crippen LogP contribution in [0.25, 0.3) is 0 Å². The molecule has 2 N–H and O–H groups in total. The molecule has 0 aliphatic rings. The summed E-state index contributed by atoms with van der Waals surface area (Å²) in [6, 6.07) is 3.93. The Hall–Kier alpha value is -1.62. The quantitative estimate of drug-likeness (QED) is 0.288. The third-order valence-electron chi connectivity index (χ3n) is 3.67. The predicted molar refractivity (Wildman–Crippen MR) is 107 cm³/mol. The van der Waals surface area contributed by atoms with Crippen LogP contribution >= 0.6 is 23.2 Å². The molecule has 0 aliphatic heterocycles. The Labute approximate surface area is 178 Å². The summed E-state index contributed by atoms with van der Waals surface area (Å²) in [6.45, 7) is 1.86. The van der Waals surface area contributed by atoms with E-state index in [0.717, 1.165) is 6.26 Å². The van der Waals surface area contributed by atoms with Crippen LogP contribution in [0, 0.1) is 0 Å². The van der Waals surface area contributed by atoms with Crippen molar-refractivity contribution in [1.82, 2.24) is 10.6 Å². The average molecular weight is 473 g/mol. The summed E-state index contributed by atoms with van der Waals surface area (Å²) in [7, 11) is -3.46. The first-order chi connectivity index (χ1) is 13.6. The molecule has 1 aromatic rings. The SMILES string of the molecule is CCNCCOC(=O)O[C@H](c1ccc(S(C)(=O)=O)cc1)[C@@H](CF)NC(=O)C(Cl)Cl. The number of halogens is 3. The number of hydrogen-bond donors (Lipinski definition) is 2. The van der Waals surface area contributed by atoms with Gasteiger partial charge in [-0.05, 0) is 24.2 Å². The van der Waals surface area contributed by atoms with Gasteiger partial charge in [0.1, 0.15) is 13.3 Å². The van der Waals surface area contributed by atoms with E-state index in [1.165, 1.54) is 24.3 Å². The van der Waals surface area contributed by atoms with E-state index < -0.39 is 45.6 Å². The van der Waals surface area contributed by atoms with Crippen LogP contribution in [0.2, 0.25) is 0 Å². The fraction of sp³-hybridized carbons (Fsp3) is 0.529.